The monoisotopic (exact) mass is 410 g/mol. The highest BCUT2D eigenvalue weighted by molar-refractivity contribution is 5.94. The van der Waals surface area contributed by atoms with E-state index in [9.17, 15) is 14.0 Å². The summed E-state index contributed by atoms with van der Waals surface area (Å²) in [6.07, 6.45) is 1.62. The molecule has 1 amide bonds. The van der Waals surface area contributed by atoms with Crippen LogP contribution < -0.4 is 4.90 Å². The third-order valence-corrected chi connectivity index (χ3v) is 5.33. The Morgan fingerprint density at radius 3 is 2.53 bits per heavy atom. The molecule has 0 saturated carbocycles. The van der Waals surface area contributed by atoms with E-state index in [4.69, 9.17) is 4.74 Å². The van der Waals surface area contributed by atoms with Crippen LogP contribution in [0.3, 0.4) is 0 Å². The van der Waals surface area contributed by atoms with Crippen LogP contribution >= 0.6 is 0 Å². The number of esters is 1. The minimum absolute atomic E-state index is 0.0949. The maximum absolute atomic E-state index is 14.6. The van der Waals surface area contributed by atoms with E-state index in [0.717, 1.165) is 24.5 Å². The van der Waals surface area contributed by atoms with Crippen LogP contribution in [0.2, 0.25) is 0 Å². The van der Waals surface area contributed by atoms with Gasteiger partial charge in [-0.2, -0.15) is 0 Å². The van der Waals surface area contributed by atoms with Gasteiger partial charge in [-0.1, -0.05) is 6.07 Å². The molecular weight excluding hydrogens is 387 g/mol. The van der Waals surface area contributed by atoms with E-state index >= 15 is 0 Å². The predicted molar refractivity (Wildman–Crippen MR) is 111 cm³/mol. The summed E-state index contributed by atoms with van der Waals surface area (Å²) in [7, 11) is 0. The number of hydrogen-bond acceptors (Lipinski definition) is 5. The van der Waals surface area contributed by atoms with Crippen LogP contribution in [0.15, 0.2) is 42.7 Å². The fourth-order valence-electron chi connectivity index (χ4n) is 3.72. The van der Waals surface area contributed by atoms with Crippen molar-refractivity contribution in [2.75, 3.05) is 37.7 Å². The lowest BCUT2D eigenvalue weighted by Crippen LogP contribution is -2.48. The predicted octanol–water partition coefficient (Wildman–Crippen LogP) is 3.01. The van der Waals surface area contributed by atoms with Crippen molar-refractivity contribution in [3.05, 3.63) is 54.1 Å². The van der Waals surface area contributed by atoms with Gasteiger partial charge in [0.1, 0.15) is 12.1 Å². The highest BCUT2D eigenvalue weighted by Gasteiger charge is 2.20. The van der Waals surface area contributed by atoms with Gasteiger partial charge in [-0.15, -0.1) is 0 Å². The number of carbonyl (C=O) groups is 2. The van der Waals surface area contributed by atoms with Gasteiger partial charge in [0.15, 0.2) is 0 Å². The quantitative estimate of drug-likeness (QED) is 0.619. The molecule has 0 N–H and O–H groups in total. The van der Waals surface area contributed by atoms with Crippen LogP contribution in [0.25, 0.3) is 16.7 Å². The molecule has 2 heterocycles. The van der Waals surface area contributed by atoms with E-state index in [1.165, 1.54) is 12.1 Å². The van der Waals surface area contributed by atoms with Gasteiger partial charge in [0.05, 0.1) is 23.2 Å². The average Bonchev–Trinajstić information content (AvgIpc) is 3.16. The first-order chi connectivity index (χ1) is 14.5. The number of anilines is 1. The van der Waals surface area contributed by atoms with E-state index in [1.54, 1.807) is 24.7 Å². The Bertz CT molecular complexity index is 1100. The minimum Gasteiger partial charge on any atom is -0.462 e. The number of fused-ring (bicyclic) bond motifs is 1. The molecule has 0 bridgehead atoms. The van der Waals surface area contributed by atoms with Crippen molar-refractivity contribution >= 4 is 28.6 Å². The van der Waals surface area contributed by atoms with Crippen molar-refractivity contribution in [3.8, 4) is 5.69 Å². The van der Waals surface area contributed by atoms with Gasteiger partial charge < -0.3 is 14.5 Å². The summed E-state index contributed by atoms with van der Waals surface area (Å²) in [6.45, 7) is 6.34. The summed E-state index contributed by atoms with van der Waals surface area (Å²) < 4.78 is 21.3. The van der Waals surface area contributed by atoms with E-state index in [2.05, 4.69) is 9.88 Å². The van der Waals surface area contributed by atoms with Crippen LogP contribution in [0, 0.1) is 5.82 Å². The lowest BCUT2D eigenvalue weighted by molar-refractivity contribution is -0.129. The molecule has 7 nitrogen and oxygen atoms in total. The van der Waals surface area contributed by atoms with E-state index in [0.29, 0.717) is 24.1 Å². The first-order valence-corrected chi connectivity index (χ1v) is 9.92. The maximum Gasteiger partial charge on any atom is 0.341 e. The Morgan fingerprint density at radius 1 is 1.10 bits per heavy atom. The van der Waals surface area contributed by atoms with Crippen LogP contribution in [-0.2, 0) is 9.53 Å². The largest absolute Gasteiger partial charge is 0.462 e. The number of halogens is 1. The zero-order valence-corrected chi connectivity index (χ0v) is 17.0. The van der Waals surface area contributed by atoms with Crippen LogP contribution in [0.4, 0.5) is 10.1 Å². The molecule has 2 aromatic carbocycles. The normalized spacial score (nSPS) is 14.2. The van der Waals surface area contributed by atoms with Gasteiger partial charge in [-0.05, 0) is 31.2 Å². The van der Waals surface area contributed by atoms with Crippen molar-refractivity contribution in [2.45, 2.75) is 13.8 Å². The Labute approximate surface area is 173 Å². The average molecular weight is 410 g/mol. The van der Waals surface area contributed by atoms with Gasteiger partial charge in [-0.25, -0.2) is 14.2 Å². The molecule has 3 aromatic rings. The smallest absolute Gasteiger partial charge is 0.341 e. The number of aromatic nitrogens is 2. The number of amides is 1. The Hall–Kier alpha value is -3.42. The molecule has 0 radical (unpaired) electrons. The number of imidazole rings is 1. The summed E-state index contributed by atoms with van der Waals surface area (Å²) in [4.78, 5) is 31.9. The molecule has 1 fully saturated rings. The second-order valence-electron chi connectivity index (χ2n) is 7.17. The third kappa shape index (κ3) is 3.72. The summed E-state index contributed by atoms with van der Waals surface area (Å²) in [5, 5.41) is 0. The summed E-state index contributed by atoms with van der Waals surface area (Å²) in [5.74, 6) is -1.24. The first-order valence-electron chi connectivity index (χ1n) is 9.92. The van der Waals surface area contributed by atoms with Gasteiger partial charge in [0, 0.05) is 50.5 Å². The summed E-state index contributed by atoms with van der Waals surface area (Å²) in [6, 6.07) is 10.6. The van der Waals surface area contributed by atoms with Crippen LogP contribution in [0.1, 0.15) is 24.2 Å². The van der Waals surface area contributed by atoms with Gasteiger partial charge >= 0.3 is 5.97 Å². The zero-order chi connectivity index (χ0) is 21.3. The molecule has 8 heteroatoms. The molecule has 156 valence electrons. The fraction of sp³-hybridized carbons (Fsp3) is 0.318. The van der Waals surface area contributed by atoms with Gasteiger partial charge in [0.25, 0.3) is 0 Å². The second kappa shape index (κ2) is 8.14. The fourth-order valence-corrected chi connectivity index (χ4v) is 3.72. The maximum atomic E-state index is 14.6. The summed E-state index contributed by atoms with van der Waals surface area (Å²) in [5.41, 5.74) is 2.83. The molecule has 0 unspecified atom stereocenters. The minimum atomic E-state index is -0.696. The molecule has 1 aromatic heterocycles. The SMILES string of the molecule is CCOC(=O)c1cc2ncn(-c3cccc(N4CCN(C(C)=O)CC4)c3)c2cc1F. The number of rotatable bonds is 4. The topological polar surface area (TPSA) is 67.7 Å². The molecule has 4 rings (SSSR count). The number of hydrogen-bond donors (Lipinski definition) is 0. The zero-order valence-electron chi connectivity index (χ0n) is 17.0. The van der Waals surface area contributed by atoms with Gasteiger partial charge in [-0.3, -0.25) is 9.36 Å². The number of benzene rings is 2. The van der Waals surface area contributed by atoms with Crippen molar-refractivity contribution < 1.29 is 18.7 Å². The number of carbonyl (C=O) groups excluding carboxylic acids is 2. The molecule has 1 aliphatic rings. The molecule has 1 saturated heterocycles. The highest BCUT2D eigenvalue weighted by Crippen LogP contribution is 2.25. The standard InChI is InChI=1S/C22H23FN4O3/c1-3-30-22(29)18-12-20-21(13-19(18)23)27(14-24-20)17-6-4-5-16(11-17)26-9-7-25(8-10-26)15(2)28/h4-6,11-14H,3,7-10H2,1-2H3. The lowest BCUT2D eigenvalue weighted by atomic mass is 10.1. The Balaban J connectivity index is 1.63. The molecular formula is C22H23FN4O3. The van der Waals surface area contributed by atoms with E-state index < -0.39 is 11.8 Å². The second-order valence-corrected chi connectivity index (χ2v) is 7.17. The van der Waals surface area contributed by atoms with Crippen LogP contribution in [-0.4, -0.2) is 59.1 Å². The first kappa shape index (κ1) is 19.9. The number of piperazine rings is 1. The van der Waals surface area contributed by atoms with Crippen molar-refractivity contribution in [1.29, 1.82) is 0 Å². The van der Waals surface area contributed by atoms with Crippen molar-refractivity contribution in [2.24, 2.45) is 0 Å². The lowest BCUT2D eigenvalue weighted by Gasteiger charge is -2.35. The molecule has 0 spiro atoms. The highest BCUT2D eigenvalue weighted by atomic mass is 19.1. The van der Waals surface area contributed by atoms with Crippen LogP contribution in [0.5, 0.6) is 0 Å². The van der Waals surface area contributed by atoms with E-state index in [1.807, 2.05) is 29.2 Å². The Kier molecular flexibility index (Phi) is 5.39. The third-order valence-electron chi connectivity index (χ3n) is 5.33. The van der Waals surface area contributed by atoms with E-state index in [-0.39, 0.29) is 18.1 Å². The van der Waals surface area contributed by atoms with Crippen molar-refractivity contribution in [3.63, 3.8) is 0 Å². The number of nitrogens with zero attached hydrogens (tertiary/aromatic N) is 4. The van der Waals surface area contributed by atoms with Crippen molar-refractivity contribution in [1.82, 2.24) is 14.5 Å². The summed E-state index contributed by atoms with van der Waals surface area (Å²) >= 11 is 0. The van der Waals surface area contributed by atoms with Gasteiger partial charge in [0.2, 0.25) is 5.91 Å². The molecule has 1 aliphatic heterocycles. The molecule has 0 atom stereocenters. The molecule has 0 aliphatic carbocycles. The molecule has 30 heavy (non-hydrogen) atoms. The Morgan fingerprint density at radius 2 is 1.83 bits per heavy atom. The number of ether oxygens (including phenoxy) is 1.